The highest BCUT2D eigenvalue weighted by molar-refractivity contribution is 5.79. The smallest absolute Gasteiger partial charge is 0.225 e. The average molecular weight is 341 g/mol. The maximum atomic E-state index is 12.8. The SMILES string of the molecule is CC1CCN(C(=O)C2CCN(Cc3cccc4c3NCC4)CC2)CC1. The Balaban J connectivity index is 1.30. The second kappa shape index (κ2) is 7.36. The minimum atomic E-state index is 0.254. The highest BCUT2D eigenvalue weighted by Crippen LogP contribution is 2.29. The van der Waals surface area contributed by atoms with E-state index in [-0.39, 0.29) is 5.92 Å². The summed E-state index contributed by atoms with van der Waals surface area (Å²) in [4.78, 5) is 17.4. The number of anilines is 1. The molecular formula is C21H31N3O. The van der Waals surface area contributed by atoms with E-state index in [0.29, 0.717) is 5.91 Å². The summed E-state index contributed by atoms with van der Waals surface area (Å²) in [6.07, 6.45) is 5.54. The predicted octanol–water partition coefficient (Wildman–Crippen LogP) is 3.13. The number of amides is 1. The molecule has 0 aliphatic carbocycles. The third-order valence-electron chi connectivity index (χ3n) is 6.36. The first kappa shape index (κ1) is 16.9. The van der Waals surface area contributed by atoms with Gasteiger partial charge in [0.15, 0.2) is 0 Å². The van der Waals surface area contributed by atoms with Crippen molar-refractivity contribution in [2.45, 2.75) is 45.6 Å². The van der Waals surface area contributed by atoms with E-state index in [0.717, 1.165) is 64.4 Å². The summed E-state index contributed by atoms with van der Waals surface area (Å²) < 4.78 is 0. The number of benzene rings is 1. The molecule has 1 aromatic carbocycles. The summed E-state index contributed by atoms with van der Waals surface area (Å²) in [5.74, 6) is 1.46. The van der Waals surface area contributed by atoms with Crippen LogP contribution in [0.3, 0.4) is 0 Å². The summed E-state index contributed by atoms with van der Waals surface area (Å²) in [5, 5.41) is 3.54. The summed E-state index contributed by atoms with van der Waals surface area (Å²) in [5.41, 5.74) is 4.25. The molecule has 0 unspecified atom stereocenters. The topological polar surface area (TPSA) is 35.6 Å². The van der Waals surface area contributed by atoms with Gasteiger partial charge in [-0.15, -0.1) is 0 Å². The number of nitrogens with zero attached hydrogens (tertiary/aromatic N) is 2. The van der Waals surface area contributed by atoms with Gasteiger partial charge >= 0.3 is 0 Å². The van der Waals surface area contributed by atoms with E-state index >= 15 is 0 Å². The zero-order valence-corrected chi connectivity index (χ0v) is 15.5. The summed E-state index contributed by atoms with van der Waals surface area (Å²) in [7, 11) is 0. The lowest BCUT2D eigenvalue weighted by atomic mass is 9.92. The molecule has 0 spiro atoms. The monoisotopic (exact) mass is 341 g/mol. The highest BCUT2D eigenvalue weighted by atomic mass is 16.2. The van der Waals surface area contributed by atoms with Gasteiger partial charge in [0.25, 0.3) is 0 Å². The molecule has 0 radical (unpaired) electrons. The Kier molecular flexibility index (Phi) is 4.98. The predicted molar refractivity (Wildman–Crippen MR) is 102 cm³/mol. The largest absolute Gasteiger partial charge is 0.384 e. The van der Waals surface area contributed by atoms with E-state index in [1.807, 2.05) is 0 Å². The first-order valence-electron chi connectivity index (χ1n) is 10.1. The van der Waals surface area contributed by atoms with Crippen molar-refractivity contribution in [3.8, 4) is 0 Å². The van der Waals surface area contributed by atoms with Gasteiger partial charge in [-0.25, -0.2) is 0 Å². The Morgan fingerprint density at radius 1 is 1.12 bits per heavy atom. The van der Waals surface area contributed by atoms with Crippen LogP contribution in [0.2, 0.25) is 0 Å². The average Bonchev–Trinajstić information content (AvgIpc) is 3.12. The normalized spacial score (nSPS) is 22.7. The number of hydrogen-bond acceptors (Lipinski definition) is 3. The van der Waals surface area contributed by atoms with Gasteiger partial charge < -0.3 is 10.2 Å². The van der Waals surface area contributed by atoms with Crippen LogP contribution in [0.25, 0.3) is 0 Å². The summed E-state index contributed by atoms with van der Waals surface area (Å²) in [6, 6.07) is 6.68. The van der Waals surface area contributed by atoms with Crippen molar-refractivity contribution in [3.05, 3.63) is 29.3 Å². The van der Waals surface area contributed by atoms with Crippen LogP contribution < -0.4 is 5.32 Å². The molecule has 1 amide bonds. The Labute approximate surface area is 151 Å². The number of rotatable bonds is 3. The zero-order valence-electron chi connectivity index (χ0n) is 15.5. The van der Waals surface area contributed by atoms with E-state index in [1.165, 1.54) is 29.7 Å². The molecule has 3 aliphatic rings. The fraction of sp³-hybridized carbons (Fsp3) is 0.667. The van der Waals surface area contributed by atoms with Crippen LogP contribution in [0, 0.1) is 11.8 Å². The first-order chi connectivity index (χ1) is 12.2. The molecule has 0 saturated carbocycles. The van der Waals surface area contributed by atoms with Crippen LogP contribution in [0.15, 0.2) is 18.2 Å². The Morgan fingerprint density at radius 3 is 2.64 bits per heavy atom. The van der Waals surface area contributed by atoms with E-state index in [4.69, 9.17) is 0 Å². The minimum absolute atomic E-state index is 0.254. The van der Waals surface area contributed by atoms with Crippen LogP contribution in [-0.4, -0.2) is 48.4 Å². The fourth-order valence-electron chi connectivity index (χ4n) is 4.61. The third-order valence-corrected chi connectivity index (χ3v) is 6.36. The van der Waals surface area contributed by atoms with Crippen molar-refractivity contribution in [2.75, 3.05) is 38.0 Å². The molecule has 2 fully saturated rings. The lowest BCUT2D eigenvalue weighted by Gasteiger charge is -2.37. The third kappa shape index (κ3) is 3.69. The zero-order chi connectivity index (χ0) is 17.2. The molecule has 4 heteroatoms. The number of carbonyl (C=O) groups excluding carboxylic acids is 1. The van der Waals surface area contributed by atoms with Crippen molar-refractivity contribution < 1.29 is 4.79 Å². The van der Waals surface area contributed by atoms with Crippen molar-refractivity contribution in [3.63, 3.8) is 0 Å². The summed E-state index contributed by atoms with van der Waals surface area (Å²) >= 11 is 0. The molecule has 4 nitrogen and oxygen atoms in total. The summed E-state index contributed by atoms with van der Waals surface area (Å²) in [6.45, 7) is 8.42. The maximum Gasteiger partial charge on any atom is 0.225 e. The van der Waals surface area contributed by atoms with Gasteiger partial charge in [0.2, 0.25) is 5.91 Å². The second-order valence-electron chi connectivity index (χ2n) is 8.19. The molecule has 3 heterocycles. The van der Waals surface area contributed by atoms with Crippen LogP contribution >= 0.6 is 0 Å². The van der Waals surface area contributed by atoms with Crippen molar-refractivity contribution >= 4 is 11.6 Å². The Morgan fingerprint density at radius 2 is 1.88 bits per heavy atom. The molecule has 2 saturated heterocycles. The number of nitrogens with one attached hydrogen (secondary N) is 1. The quantitative estimate of drug-likeness (QED) is 0.917. The van der Waals surface area contributed by atoms with Crippen LogP contribution in [-0.2, 0) is 17.8 Å². The Hall–Kier alpha value is -1.55. The number of para-hydroxylation sites is 1. The first-order valence-corrected chi connectivity index (χ1v) is 10.1. The molecule has 136 valence electrons. The lowest BCUT2D eigenvalue weighted by molar-refractivity contribution is -0.138. The highest BCUT2D eigenvalue weighted by Gasteiger charge is 2.30. The number of piperidine rings is 2. The molecule has 0 aromatic heterocycles. The van der Waals surface area contributed by atoms with Crippen LogP contribution in [0.5, 0.6) is 0 Å². The maximum absolute atomic E-state index is 12.8. The molecule has 0 atom stereocenters. The van der Waals surface area contributed by atoms with E-state index in [9.17, 15) is 4.79 Å². The molecule has 1 N–H and O–H groups in total. The fourth-order valence-corrected chi connectivity index (χ4v) is 4.61. The lowest BCUT2D eigenvalue weighted by Crippen LogP contribution is -2.45. The van der Waals surface area contributed by atoms with Gasteiger partial charge in [0.1, 0.15) is 0 Å². The van der Waals surface area contributed by atoms with Gasteiger partial charge in [-0.2, -0.15) is 0 Å². The van der Waals surface area contributed by atoms with Gasteiger partial charge in [0, 0.05) is 37.8 Å². The number of fused-ring (bicyclic) bond motifs is 1. The second-order valence-corrected chi connectivity index (χ2v) is 8.19. The number of carbonyl (C=O) groups is 1. The molecule has 25 heavy (non-hydrogen) atoms. The number of likely N-dealkylation sites (tertiary alicyclic amines) is 2. The molecule has 4 rings (SSSR count). The molecule has 3 aliphatic heterocycles. The molecular weight excluding hydrogens is 310 g/mol. The van der Waals surface area contributed by atoms with E-state index in [1.54, 1.807) is 0 Å². The van der Waals surface area contributed by atoms with E-state index in [2.05, 4.69) is 40.2 Å². The van der Waals surface area contributed by atoms with Crippen LogP contribution in [0.4, 0.5) is 5.69 Å². The van der Waals surface area contributed by atoms with Crippen molar-refractivity contribution in [2.24, 2.45) is 11.8 Å². The molecule has 0 bridgehead atoms. The van der Waals surface area contributed by atoms with Gasteiger partial charge in [-0.05, 0) is 62.2 Å². The number of hydrogen-bond donors (Lipinski definition) is 1. The van der Waals surface area contributed by atoms with Gasteiger partial charge in [0.05, 0.1) is 0 Å². The van der Waals surface area contributed by atoms with Crippen molar-refractivity contribution in [1.82, 2.24) is 9.80 Å². The van der Waals surface area contributed by atoms with E-state index < -0.39 is 0 Å². The minimum Gasteiger partial charge on any atom is -0.384 e. The van der Waals surface area contributed by atoms with Gasteiger partial charge in [-0.1, -0.05) is 25.1 Å². The Bertz CT molecular complexity index is 614. The molecule has 1 aromatic rings. The standard InChI is InChI=1S/C21H31N3O/c1-16-6-13-24(14-7-16)21(25)18-8-11-23(12-9-18)15-19-4-2-3-17-5-10-22-20(17)19/h2-4,16,18,22H,5-15H2,1H3. The van der Waals surface area contributed by atoms with Crippen molar-refractivity contribution in [1.29, 1.82) is 0 Å². The van der Waals surface area contributed by atoms with Crippen LogP contribution in [0.1, 0.15) is 43.7 Å². The van der Waals surface area contributed by atoms with Gasteiger partial charge in [-0.3, -0.25) is 9.69 Å².